The molecule has 0 aliphatic heterocycles. The van der Waals surface area contributed by atoms with E-state index in [1.807, 2.05) is 48.5 Å². The average molecular weight is 318 g/mol. The molecule has 2 aromatic rings. The zero-order valence-corrected chi connectivity index (χ0v) is 13.3. The number of hydrogen-bond donors (Lipinski definition) is 1. The molecule has 3 nitrogen and oxygen atoms in total. The van der Waals surface area contributed by atoms with Crippen LogP contribution >= 0.6 is 11.6 Å². The maximum absolute atomic E-state index is 12.5. The number of rotatable bonds is 6. The molecule has 0 bridgehead atoms. The van der Waals surface area contributed by atoms with Gasteiger partial charge in [0, 0.05) is 18.7 Å². The molecule has 0 saturated heterocycles. The van der Waals surface area contributed by atoms with E-state index in [1.54, 1.807) is 18.0 Å². The third-order valence-corrected chi connectivity index (χ3v) is 4.12. The Bertz CT molecular complexity index is 615. The summed E-state index contributed by atoms with van der Waals surface area (Å²) in [5.41, 5.74) is 1.84. The summed E-state index contributed by atoms with van der Waals surface area (Å²) in [6.07, 6.45) is 0.764. The normalized spacial score (nSPS) is 12.0. The molecule has 1 N–H and O–H groups in total. The summed E-state index contributed by atoms with van der Waals surface area (Å²) >= 11 is 6.12. The fourth-order valence-electron chi connectivity index (χ4n) is 2.48. The van der Waals surface area contributed by atoms with Crippen molar-refractivity contribution < 1.29 is 9.90 Å². The first kappa shape index (κ1) is 16.5. The van der Waals surface area contributed by atoms with Crippen molar-refractivity contribution in [2.24, 2.45) is 0 Å². The van der Waals surface area contributed by atoms with Crippen molar-refractivity contribution in [1.82, 2.24) is 4.90 Å². The third kappa shape index (κ3) is 4.09. The standard InChI is InChI=1S/C18H20ClNO2/c1-20(17(11-12-21)14-7-3-2-4-8-14)18(22)13-15-9-5-6-10-16(15)19/h2-10,17,21H,11-13H2,1H3. The van der Waals surface area contributed by atoms with Gasteiger partial charge < -0.3 is 10.0 Å². The maximum atomic E-state index is 12.5. The van der Waals surface area contributed by atoms with Crippen molar-refractivity contribution in [2.45, 2.75) is 18.9 Å². The largest absolute Gasteiger partial charge is 0.396 e. The van der Waals surface area contributed by atoms with Crippen LogP contribution in [0.2, 0.25) is 5.02 Å². The topological polar surface area (TPSA) is 40.5 Å². The van der Waals surface area contributed by atoms with Gasteiger partial charge in [-0.25, -0.2) is 0 Å². The average Bonchev–Trinajstić information content (AvgIpc) is 2.55. The highest BCUT2D eigenvalue weighted by molar-refractivity contribution is 6.31. The van der Waals surface area contributed by atoms with E-state index in [0.717, 1.165) is 11.1 Å². The molecule has 0 aliphatic carbocycles. The number of aliphatic hydroxyl groups is 1. The van der Waals surface area contributed by atoms with Crippen LogP contribution in [0.3, 0.4) is 0 Å². The molecule has 116 valence electrons. The van der Waals surface area contributed by atoms with Crippen molar-refractivity contribution in [3.05, 3.63) is 70.7 Å². The number of benzene rings is 2. The summed E-state index contributed by atoms with van der Waals surface area (Å²) in [4.78, 5) is 14.2. The van der Waals surface area contributed by atoms with E-state index in [-0.39, 0.29) is 25.0 Å². The first-order valence-corrected chi connectivity index (χ1v) is 7.66. The summed E-state index contributed by atoms with van der Waals surface area (Å²) in [5.74, 6) is -0.0181. The number of nitrogens with zero attached hydrogens (tertiary/aromatic N) is 1. The van der Waals surface area contributed by atoms with Gasteiger partial charge in [-0.3, -0.25) is 4.79 Å². The van der Waals surface area contributed by atoms with Gasteiger partial charge in [0.05, 0.1) is 12.5 Å². The molecule has 0 radical (unpaired) electrons. The smallest absolute Gasteiger partial charge is 0.227 e. The summed E-state index contributed by atoms with van der Waals surface area (Å²) in [5, 5.41) is 9.90. The zero-order chi connectivity index (χ0) is 15.9. The number of halogens is 1. The van der Waals surface area contributed by atoms with Crippen molar-refractivity contribution in [3.8, 4) is 0 Å². The summed E-state index contributed by atoms with van der Waals surface area (Å²) in [6.45, 7) is 0.0310. The predicted molar refractivity (Wildman–Crippen MR) is 88.8 cm³/mol. The van der Waals surface area contributed by atoms with Crippen molar-refractivity contribution in [2.75, 3.05) is 13.7 Å². The molecule has 0 fully saturated rings. The van der Waals surface area contributed by atoms with Crippen LogP contribution < -0.4 is 0 Å². The first-order chi connectivity index (χ1) is 10.6. The number of carbonyl (C=O) groups excluding carboxylic acids is 1. The Kier molecular flexibility index (Phi) is 5.99. The molecule has 0 heterocycles. The molecule has 1 amide bonds. The van der Waals surface area contributed by atoms with Crippen LogP contribution in [0.25, 0.3) is 0 Å². The summed E-state index contributed by atoms with van der Waals surface area (Å²) < 4.78 is 0. The second-order valence-corrected chi connectivity index (χ2v) is 5.62. The van der Waals surface area contributed by atoms with Crippen LogP contribution in [-0.4, -0.2) is 29.6 Å². The van der Waals surface area contributed by atoms with E-state index in [0.29, 0.717) is 11.4 Å². The minimum Gasteiger partial charge on any atom is -0.396 e. The number of aliphatic hydroxyl groups excluding tert-OH is 1. The van der Waals surface area contributed by atoms with Crippen LogP contribution in [0.4, 0.5) is 0 Å². The van der Waals surface area contributed by atoms with Gasteiger partial charge in [0.15, 0.2) is 0 Å². The Hall–Kier alpha value is -1.84. The fourth-order valence-corrected chi connectivity index (χ4v) is 2.69. The maximum Gasteiger partial charge on any atom is 0.227 e. The van der Waals surface area contributed by atoms with Gasteiger partial charge in [0.1, 0.15) is 0 Å². The van der Waals surface area contributed by atoms with Crippen molar-refractivity contribution in [1.29, 1.82) is 0 Å². The van der Waals surface area contributed by atoms with Crippen LogP contribution in [0.15, 0.2) is 54.6 Å². The lowest BCUT2D eigenvalue weighted by molar-refractivity contribution is -0.131. The highest BCUT2D eigenvalue weighted by Crippen LogP contribution is 2.24. The minimum absolute atomic E-state index is 0.0181. The highest BCUT2D eigenvalue weighted by Gasteiger charge is 2.21. The molecule has 2 aromatic carbocycles. The number of amides is 1. The number of hydrogen-bond acceptors (Lipinski definition) is 2. The van der Waals surface area contributed by atoms with E-state index < -0.39 is 0 Å². The molecule has 4 heteroatoms. The lowest BCUT2D eigenvalue weighted by Crippen LogP contribution is -2.33. The van der Waals surface area contributed by atoms with Gasteiger partial charge in [-0.15, -0.1) is 0 Å². The Labute approximate surface area is 136 Å². The molecular formula is C18H20ClNO2. The van der Waals surface area contributed by atoms with E-state index in [1.165, 1.54) is 0 Å². The molecule has 1 atom stereocenters. The SMILES string of the molecule is CN(C(=O)Cc1ccccc1Cl)C(CCO)c1ccccc1. The minimum atomic E-state index is -0.138. The lowest BCUT2D eigenvalue weighted by atomic mass is 10.0. The second kappa shape index (κ2) is 7.97. The van der Waals surface area contributed by atoms with Crippen molar-refractivity contribution >= 4 is 17.5 Å². The first-order valence-electron chi connectivity index (χ1n) is 7.28. The van der Waals surface area contributed by atoms with Crippen molar-refractivity contribution in [3.63, 3.8) is 0 Å². The Morgan fingerprint density at radius 1 is 1.14 bits per heavy atom. The molecular weight excluding hydrogens is 298 g/mol. The Morgan fingerprint density at radius 2 is 1.77 bits per heavy atom. The Balaban J connectivity index is 2.15. The van der Waals surface area contributed by atoms with Gasteiger partial charge in [-0.05, 0) is 23.6 Å². The molecule has 1 unspecified atom stereocenters. The summed E-state index contributed by atoms with van der Waals surface area (Å²) in [7, 11) is 1.77. The van der Waals surface area contributed by atoms with Crippen LogP contribution in [0.5, 0.6) is 0 Å². The monoisotopic (exact) mass is 317 g/mol. The summed E-state index contributed by atoms with van der Waals surface area (Å²) in [6, 6.07) is 17.0. The van der Waals surface area contributed by atoms with E-state index in [9.17, 15) is 9.90 Å². The molecule has 0 spiro atoms. The highest BCUT2D eigenvalue weighted by atomic mass is 35.5. The molecule has 0 aliphatic rings. The zero-order valence-electron chi connectivity index (χ0n) is 12.6. The van der Waals surface area contributed by atoms with Crippen LogP contribution in [0, 0.1) is 0 Å². The van der Waals surface area contributed by atoms with Gasteiger partial charge in [-0.1, -0.05) is 60.1 Å². The fraction of sp³-hybridized carbons (Fsp3) is 0.278. The van der Waals surface area contributed by atoms with Gasteiger partial charge in [0.2, 0.25) is 5.91 Å². The molecule has 2 rings (SSSR count). The quantitative estimate of drug-likeness (QED) is 0.886. The Morgan fingerprint density at radius 3 is 2.41 bits per heavy atom. The molecule has 0 saturated carbocycles. The number of carbonyl (C=O) groups is 1. The predicted octanol–water partition coefficient (Wildman–Crippen LogP) is 3.46. The van der Waals surface area contributed by atoms with Gasteiger partial charge in [0.25, 0.3) is 0 Å². The van der Waals surface area contributed by atoms with E-state index in [4.69, 9.17) is 11.6 Å². The molecule has 0 aromatic heterocycles. The van der Waals surface area contributed by atoms with Gasteiger partial charge >= 0.3 is 0 Å². The number of likely N-dealkylation sites (N-methyl/N-ethyl adjacent to an activating group) is 1. The van der Waals surface area contributed by atoms with Crippen LogP contribution in [0.1, 0.15) is 23.6 Å². The van der Waals surface area contributed by atoms with E-state index in [2.05, 4.69) is 0 Å². The van der Waals surface area contributed by atoms with E-state index >= 15 is 0 Å². The third-order valence-electron chi connectivity index (χ3n) is 3.75. The van der Waals surface area contributed by atoms with Gasteiger partial charge in [-0.2, -0.15) is 0 Å². The lowest BCUT2D eigenvalue weighted by Gasteiger charge is -2.28. The van der Waals surface area contributed by atoms with Crippen LogP contribution in [-0.2, 0) is 11.2 Å². The molecule has 22 heavy (non-hydrogen) atoms. The second-order valence-electron chi connectivity index (χ2n) is 5.21.